The Bertz CT molecular complexity index is 1510. The first-order valence-electron chi connectivity index (χ1n) is 14.1. The van der Waals surface area contributed by atoms with Crippen molar-refractivity contribution in [2.24, 2.45) is 0 Å². The van der Waals surface area contributed by atoms with Gasteiger partial charge in [0.25, 0.3) is 10.0 Å². The highest BCUT2D eigenvalue weighted by molar-refractivity contribution is 7.92. The summed E-state index contributed by atoms with van der Waals surface area (Å²) in [6.07, 6.45) is 0.339. The summed E-state index contributed by atoms with van der Waals surface area (Å²) in [5.41, 5.74) is 3.43. The van der Waals surface area contributed by atoms with Gasteiger partial charge in [-0.05, 0) is 101 Å². The molecule has 0 spiro atoms. The zero-order valence-electron chi connectivity index (χ0n) is 25.9. The number of carbonyl (C=O) groups is 2. The van der Waals surface area contributed by atoms with Crippen molar-refractivity contribution in [1.29, 1.82) is 0 Å². The molecule has 3 rings (SSSR count). The Morgan fingerprint density at radius 1 is 0.929 bits per heavy atom. The lowest BCUT2D eigenvalue weighted by atomic mass is 10.1. The van der Waals surface area contributed by atoms with Crippen LogP contribution in [0.2, 0.25) is 0 Å². The number of nitrogens with zero attached hydrogens (tertiary/aromatic N) is 2. The smallest absolute Gasteiger partial charge is 0.264 e. The number of methoxy groups -OCH3 is 1. The Morgan fingerprint density at radius 2 is 1.60 bits per heavy atom. The molecule has 8 nitrogen and oxygen atoms in total. The molecular formula is C33H43N3O5S. The molecule has 0 aliphatic carbocycles. The van der Waals surface area contributed by atoms with Crippen molar-refractivity contribution in [2.75, 3.05) is 18.0 Å². The third-order valence-electron chi connectivity index (χ3n) is 7.04. The van der Waals surface area contributed by atoms with E-state index in [1.165, 1.54) is 4.90 Å². The van der Waals surface area contributed by atoms with E-state index in [1.54, 1.807) is 55.6 Å². The number of amides is 2. The minimum Gasteiger partial charge on any atom is -0.497 e. The van der Waals surface area contributed by atoms with E-state index in [-0.39, 0.29) is 17.3 Å². The molecule has 3 aromatic carbocycles. The molecule has 0 saturated heterocycles. The monoisotopic (exact) mass is 593 g/mol. The summed E-state index contributed by atoms with van der Waals surface area (Å²) < 4.78 is 34.6. The number of hydrogen-bond acceptors (Lipinski definition) is 5. The highest BCUT2D eigenvalue weighted by atomic mass is 32.2. The van der Waals surface area contributed by atoms with Crippen molar-refractivity contribution in [1.82, 2.24) is 10.2 Å². The lowest BCUT2D eigenvalue weighted by Crippen LogP contribution is -2.55. The molecule has 0 aromatic heterocycles. The van der Waals surface area contributed by atoms with Crippen LogP contribution in [0.4, 0.5) is 5.69 Å². The van der Waals surface area contributed by atoms with E-state index in [0.29, 0.717) is 17.9 Å². The Balaban J connectivity index is 2.11. The fourth-order valence-corrected chi connectivity index (χ4v) is 5.99. The summed E-state index contributed by atoms with van der Waals surface area (Å²) in [5.74, 6) is -0.186. The van der Waals surface area contributed by atoms with Gasteiger partial charge in [0.05, 0.1) is 17.7 Å². The normalized spacial score (nSPS) is 12.4. The molecule has 0 fully saturated rings. The number of anilines is 1. The second-order valence-corrected chi connectivity index (χ2v) is 13.5. The highest BCUT2D eigenvalue weighted by Crippen LogP contribution is 2.27. The van der Waals surface area contributed by atoms with E-state index < -0.39 is 34.1 Å². The van der Waals surface area contributed by atoms with E-state index in [2.05, 4.69) is 5.32 Å². The van der Waals surface area contributed by atoms with E-state index in [4.69, 9.17) is 4.74 Å². The molecule has 1 atom stereocenters. The lowest BCUT2D eigenvalue weighted by molar-refractivity contribution is -0.141. The van der Waals surface area contributed by atoms with Gasteiger partial charge in [-0.25, -0.2) is 8.42 Å². The third kappa shape index (κ3) is 8.12. The van der Waals surface area contributed by atoms with Gasteiger partial charge in [-0.1, -0.05) is 42.8 Å². The predicted molar refractivity (Wildman–Crippen MR) is 167 cm³/mol. The summed E-state index contributed by atoms with van der Waals surface area (Å²) in [4.78, 5) is 29.3. The van der Waals surface area contributed by atoms with Crippen LogP contribution in [-0.4, -0.2) is 50.4 Å². The average molecular weight is 594 g/mol. The summed E-state index contributed by atoms with van der Waals surface area (Å²) in [7, 11) is -2.57. The Morgan fingerprint density at radius 3 is 2.17 bits per heavy atom. The van der Waals surface area contributed by atoms with Crippen molar-refractivity contribution < 1.29 is 22.7 Å². The Kier molecular flexibility index (Phi) is 10.4. The van der Waals surface area contributed by atoms with Crippen molar-refractivity contribution in [3.8, 4) is 5.75 Å². The molecule has 0 saturated carbocycles. The molecule has 42 heavy (non-hydrogen) atoms. The van der Waals surface area contributed by atoms with Gasteiger partial charge < -0.3 is 15.0 Å². The number of carbonyl (C=O) groups excluding carboxylic acids is 2. The van der Waals surface area contributed by atoms with Gasteiger partial charge in [0.2, 0.25) is 11.8 Å². The van der Waals surface area contributed by atoms with Crippen LogP contribution in [0.1, 0.15) is 56.4 Å². The van der Waals surface area contributed by atoms with Gasteiger partial charge in [0.15, 0.2) is 0 Å². The second-order valence-electron chi connectivity index (χ2n) is 11.6. The van der Waals surface area contributed by atoms with E-state index in [1.807, 2.05) is 66.7 Å². The number of benzene rings is 3. The maximum atomic E-state index is 14.2. The fourth-order valence-electron chi connectivity index (χ4n) is 4.59. The maximum Gasteiger partial charge on any atom is 0.264 e. The summed E-state index contributed by atoms with van der Waals surface area (Å²) in [6.45, 7) is 12.8. The van der Waals surface area contributed by atoms with E-state index in [9.17, 15) is 18.0 Å². The van der Waals surface area contributed by atoms with Crippen molar-refractivity contribution in [2.45, 2.75) is 77.9 Å². The average Bonchev–Trinajstić information content (AvgIpc) is 2.92. The predicted octanol–water partition coefficient (Wildman–Crippen LogP) is 5.54. The zero-order valence-corrected chi connectivity index (χ0v) is 26.7. The standard InChI is InChI=1S/C33H43N3O5S/c1-9-30(32(38)34-33(5,6)7)35(21-26-11-10-12-28(20-26)41-8)31(37)22-36(27-16-15-24(3)25(4)19-27)42(39,40)29-17-13-23(2)14-18-29/h10-20,30H,9,21-22H2,1-8H3,(H,34,38)/t30-/m0/s1. The van der Waals surface area contributed by atoms with Crippen LogP contribution in [-0.2, 0) is 26.2 Å². The number of aryl methyl sites for hydroxylation is 3. The maximum absolute atomic E-state index is 14.2. The molecule has 226 valence electrons. The number of ether oxygens (including phenoxy) is 1. The number of rotatable bonds is 11. The molecule has 0 heterocycles. The van der Waals surface area contributed by atoms with Crippen LogP contribution in [0, 0.1) is 20.8 Å². The first-order chi connectivity index (χ1) is 19.7. The van der Waals surface area contributed by atoms with E-state index >= 15 is 0 Å². The number of sulfonamides is 1. The first-order valence-corrected chi connectivity index (χ1v) is 15.5. The van der Waals surface area contributed by atoms with Crippen LogP contribution in [0.25, 0.3) is 0 Å². The lowest BCUT2D eigenvalue weighted by Gasteiger charge is -2.35. The van der Waals surface area contributed by atoms with Crippen LogP contribution >= 0.6 is 0 Å². The van der Waals surface area contributed by atoms with Gasteiger partial charge in [0, 0.05) is 12.1 Å². The molecule has 9 heteroatoms. The number of nitrogens with one attached hydrogen (secondary N) is 1. The first kappa shape index (κ1) is 32.7. The molecule has 2 amide bonds. The van der Waals surface area contributed by atoms with Crippen LogP contribution in [0.5, 0.6) is 5.75 Å². The second kappa shape index (κ2) is 13.4. The third-order valence-corrected chi connectivity index (χ3v) is 8.83. The van der Waals surface area contributed by atoms with Crippen molar-refractivity contribution in [3.05, 3.63) is 89.0 Å². The molecule has 0 bridgehead atoms. The molecule has 0 unspecified atom stereocenters. The van der Waals surface area contributed by atoms with Gasteiger partial charge >= 0.3 is 0 Å². The summed E-state index contributed by atoms with van der Waals surface area (Å²) in [6, 6.07) is 18.3. The van der Waals surface area contributed by atoms with Crippen molar-refractivity contribution >= 4 is 27.5 Å². The minimum absolute atomic E-state index is 0.0796. The molecule has 0 aliphatic heterocycles. The topological polar surface area (TPSA) is 96.0 Å². The van der Waals surface area contributed by atoms with Gasteiger partial charge in [-0.2, -0.15) is 0 Å². The zero-order chi connectivity index (χ0) is 31.2. The Hall–Kier alpha value is -3.85. The van der Waals surface area contributed by atoms with Gasteiger partial charge in [-0.15, -0.1) is 0 Å². The summed E-state index contributed by atoms with van der Waals surface area (Å²) >= 11 is 0. The fraction of sp³-hybridized carbons (Fsp3) is 0.394. The molecule has 3 aromatic rings. The van der Waals surface area contributed by atoms with E-state index in [0.717, 1.165) is 26.6 Å². The van der Waals surface area contributed by atoms with Crippen molar-refractivity contribution in [3.63, 3.8) is 0 Å². The summed E-state index contributed by atoms with van der Waals surface area (Å²) in [5, 5.41) is 2.98. The van der Waals surface area contributed by atoms with Crippen LogP contribution < -0.4 is 14.4 Å². The quantitative estimate of drug-likeness (QED) is 0.315. The molecular weight excluding hydrogens is 550 g/mol. The largest absolute Gasteiger partial charge is 0.497 e. The molecule has 0 radical (unpaired) electrons. The Labute approximate surface area is 250 Å². The SMILES string of the molecule is CC[C@@H](C(=O)NC(C)(C)C)N(Cc1cccc(OC)c1)C(=O)CN(c1ccc(C)c(C)c1)S(=O)(=O)c1ccc(C)cc1. The number of hydrogen-bond donors (Lipinski definition) is 1. The highest BCUT2D eigenvalue weighted by Gasteiger charge is 2.34. The molecule has 0 aliphatic rings. The van der Waals surface area contributed by atoms with Crippen LogP contribution in [0.3, 0.4) is 0 Å². The molecule has 1 N–H and O–H groups in total. The van der Waals surface area contributed by atoms with Crippen LogP contribution in [0.15, 0.2) is 71.6 Å². The minimum atomic E-state index is -4.13. The van der Waals surface area contributed by atoms with Gasteiger partial charge in [0.1, 0.15) is 18.3 Å². The van der Waals surface area contributed by atoms with Gasteiger partial charge in [-0.3, -0.25) is 13.9 Å².